The molecule has 0 spiro atoms. The minimum Gasteiger partial charge on any atom is -0.399 e. The Morgan fingerprint density at radius 1 is 1.15 bits per heavy atom. The molecule has 1 amide bonds. The van der Waals surface area contributed by atoms with Crippen LogP contribution in [0, 0.1) is 11.6 Å². The monoisotopic (exact) mass is 276 g/mol. The van der Waals surface area contributed by atoms with Gasteiger partial charge in [0.15, 0.2) is 0 Å². The first-order valence-corrected chi connectivity index (χ1v) is 6.09. The van der Waals surface area contributed by atoms with Crippen LogP contribution in [0.3, 0.4) is 0 Å². The molecule has 0 heterocycles. The number of hydrogen-bond acceptors (Lipinski definition) is 2. The maximum absolute atomic E-state index is 13.4. The number of rotatable bonds is 4. The number of carbonyl (C=O) groups is 1. The number of benzene rings is 2. The number of nitrogens with two attached hydrogens (primary N) is 1. The summed E-state index contributed by atoms with van der Waals surface area (Å²) in [5.41, 5.74) is 7.26. The van der Waals surface area contributed by atoms with Crippen LogP contribution in [0.2, 0.25) is 0 Å². The number of amides is 1. The van der Waals surface area contributed by atoms with E-state index >= 15 is 0 Å². The van der Waals surface area contributed by atoms with E-state index in [0.29, 0.717) is 12.2 Å². The average molecular weight is 276 g/mol. The summed E-state index contributed by atoms with van der Waals surface area (Å²) in [5, 5.41) is 2.66. The lowest BCUT2D eigenvalue weighted by molar-refractivity contribution is -0.120. The third-order valence-corrected chi connectivity index (χ3v) is 2.81. The van der Waals surface area contributed by atoms with Crippen LogP contribution in [0.4, 0.5) is 14.5 Å². The molecule has 0 saturated carbocycles. The van der Waals surface area contributed by atoms with Gasteiger partial charge in [-0.2, -0.15) is 0 Å². The highest BCUT2D eigenvalue weighted by Gasteiger charge is 2.09. The van der Waals surface area contributed by atoms with Crippen molar-refractivity contribution in [2.45, 2.75) is 13.0 Å². The first kappa shape index (κ1) is 14.0. The lowest BCUT2D eigenvalue weighted by atomic mass is 10.1. The molecule has 0 aliphatic carbocycles. The van der Waals surface area contributed by atoms with Gasteiger partial charge in [0.05, 0.1) is 6.42 Å². The molecule has 0 atom stereocenters. The van der Waals surface area contributed by atoms with Crippen molar-refractivity contribution in [2.24, 2.45) is 0 Å². The van der Waals surface area contributed by atoms with Crippen molar-refractivity contribution in [3.63, 3.8) is 0 Å². The van der Waals surface area contributed by atoms with E-state index in [0.717, 1.165) is 17.7 Å². The molecule has 20 heavy (non-hydrogen) atoms. The number of hydrogen-bond donors (Lipinski definition) is 2. The second-order valence-electron chi connectivity index (χ2n) is 4.43. The number of halogens is 2. The van der Waals surface area contributed by atoms with Crippen LogP contribution in [0.15, 0.2) is 42.5 Å². The molecule has 0 fully saturated rings. The van der Waals surface area contributed by atoms with Crippen LogP contribution in [-0.4, -0.2) is 5.91 Å². The third kappa shape index (κ3) is 3.78. The Morgan fingerprint density at radius 3 is 2.65 bits per heavy atom. The molecule has 0 aliphatic rings. The minimum atomic E-state index is -0.718. The van der Waals surface area contributed by atoms with Gasteiger partial charge in [0.2, 0.25) is 5.91 Å². The lowest BCUT2D eigenvalue weighted by Crippen LogP contribution is -2.25. The fourth-order valence-corrected chi connectivity index (χ4v) is 1.80. The quantitative estimate of drug-likeness (QED) is 0.843. The molecule has 0 unspecified atom stereocenters. The Labute approximate surface area is 115 Å². The molecule has 104 valence electrons. The van der Waals surface area contributed by atoms with Crippen LogP contribution < -0.4 is 11.1 Å². The van der Waals surface area contributed by atoms with Gasteiger partial charge in [-0.3, -0.25) is 4.79 Å². The van der Waals surface area contributed by atoms with Crippen molar-refractivity contribution in [3.05, 3.63) is 65.2 Å². The lowest BCUT2D eigenvalue weighted by Gasteiger charge is -2.07. The largest absolute Gasteiger partial charge is 0.399 e. The molecule has 2 aromatic carbocycles. The smallest absolute Gasteiger partial charge is 0.224 e. The molecule has 0 saturated heterocycles. The van der Waals surface area contributed by atoms with Gasteiger partial charge in [-0.25, -0.2) is 8.78 Å². The standard InChI is InChI=1S/C15H14F2N2O/c16-12-5-4-11(14(17)8-12)7-15(20)19-9-10-2-1-3-13(18)6-10/h1-6,8H,7,9,18H2,(H,19,20). The van der Waals surface area contributed by atoms with Gasteiger partial charge < -0.3 is 11.1 Å². The SMILES string of the molecule is Nc1cccc(CNC(=O)Cc2ccc(F)cc2F)c1. The van der Waals surface area contributed by atoms with Crippen LogP contribution >= 0.6 is 0 Å². The molecule has 2 aromatic rings. The normalized spacial score (nSPS) is 10.3. The highest BCUT2D eigenvalue weighted by atomic mass is 19.1. The van der Waals surface area contributed by atoms with Gasteiger partial charge in [-0.1, -0.05) is 18.2 Å². The summed E-state index contributed by atoms with van der Waals surface area (Å²) in [6.45, 7) is 0.312. The van der Waals surface area contributed by atoms with Crippen molar-refractivity contribution in [1.82, 2.24) is 5.32 Å². The third-order valence-electron chi connectivity index (χ3n) is 2.81. The Bertz CT molecular complexity index is 629. The van der Waals surface area contributed by atoms with Crippen molar-refractivity contribution in [3.8, 4) is 0 Å². The predicted octanol–water partition coefficient (Wildman–Crippen LogP) is 2.41. The summed E-state index contributed by atoms with van der Waals surface area (Å²) in [5.74, 6) is -1.71. The summed E-state index contributed by atoms with van der Waals surface area (Å²) >= 11 is 0. The number of anilines is 1. The maximum atomic E-state index is 13.4. The molecule has 0 radical (unpaired) electrons. The van der Waals surface area contributed by atoms with E-state index in [9.17, 15) is 13.6 Å². The van der Waals surface area contributed by atoms with Gasteiger partial charge in [0.25, 0.3) is 0 Å². The van der Waals surface area contributed by atoms with Crippen molar-refractivity contribution >= 4 is 11.6 Å². The Kier molecular flexibility index (Phi) is 4.30. The predicted molar refractivity (Wildman–Crippen MR) is 72.8 cm³/mol. The molecular formula is C15H14F2N2O. The minimum absolute atomic E-state index is 0.131. The van der Waals surface area contributed by atoms with Gasteiger partial charge in [-0.15, -0.1) is 0 Å². The Balaban J connectivity index is 1.92. The van der Waals surface area contributed by atoms with Gasteiger partial charge >= 0.3 is 0 Å². The van der Waals surface area contributed by atoms with Crippen molar-refractivity contribution < 1.29 is 13.6 Å². The van der Waals surface area contributed by atoms with Crippen molar-refractivity contribution in [2.75, 3.05) is 5.73 Å². The summed E-state index contributed by atoms with van der Waals surface area (Å²) in [6, 6.07) is 10.3. The highest BCUT2D eigenvalue weighted by Crippen LogP contribution is 2.10. The first-order valence-electron chi connectivity index (χ1n) is 6.09. The molecule has 3 nitrogen and oxygen atoms in total. The van der Waals surface area contributed by atoms with E-state index < -0.39 is 11.6 Å². The molecule has 0 aliphatic heterocycles. The zero-order valence-electron chi connectivity index (χ0n) is 10.7. The topological polar surface area (TPSA) is 55.1 Å². The molecule has 3 N–H and O–H groups in total. The van der Waals surface area contributed by atoms with E-state index in [-0.39, 0.29) is 17.9 Å². The number of nitrogen functional groups attached to an aromatic ring is 1. The summed E-state index contributed by atoms with van der Waals surface area (Å²) < 4.78 is 26.1. The number of carbonyl (C=O) groups excluding carboxylic acids is 1. The van der Waals surface area contributed by atoms with Crippen LogP contribution in [-0.2, 0) is 17.8 Å². The number of nitrogens with one attached hydrogen (secondary N) is 1. The van der Waals surface area contributed by atoms with E-state index in [1.807, 2.05) is 6.07 Å². The van der Waals surface area contributed by atoms with Crippen molar-refractivity contribution in [1.29, 1.82) is 0 Å². The molecule has 2 rings (SSSR count). The fourth-order valence-electron chi connectivity index (χ4n) is 1.80. The van der Waals surface area contributed by atoms with Crippen LogP contribution in [0.25, 0.3) is 0 Å². The van der Waals surface area contributed by atoms with E-state index in [1.54, 1.807) is 18.2 Å². The van der Waals surface area contributed by atoms with Gasteiger partial charge in [-0.05, 0) is 29.3 Å². The van der Waals surface area contributed by atoms with E-state index in [2.05, 4.69) is 5.32 Å². The van der Waals surface area contributed by atoms with Crippen LogP contribution in [0.5, 0.6) is 0 Å². The van der Waals surface area contributed by atoms with Gasteiger partial charge in [0.1, 0.15) is 11.6 Å². The average Bonchev–Trinajstić information content (AvgIpc) is 2.40. The summed E-state index contributed by atoms with van der Waals surface area (Å²) in [6.07, 6.45) is -0.131. The molecule has 5 heteroatoms. The van der Waals surface area contributed by atoms with E-state index in [4.69, 9.17) is 5.73 Å². The second kappa shape index (κ2) is 6.14. The fraction of sp³-hybridized carbons (Fsp3) is 0.133. The molecule has 0 aromatic heterocycles. The van der Waals surface area contributed by atoms with Gasteiger partial charge in [0, 0.05) is 18.3 Å². The zero-order chi connectivity index (χ0) is 14.5. The Hall–Kier alpha value is -2.43. The Morgan fingerprint density at radius 2 is 1.95 bits per heavy atom. The zero-order valence-corrected chi connectivity index (χ0v) is 10.7. The molecular weight excluding hydrogens is 262 g/mol. The summed E-state index contributed by atoms with van der Waals surface area (Å²) in [7, 11) is 0. The van der Waals surface area contributed by atoms with E-state index in [1.165, 1.54) is 6.07 Å². The first-order chi connectivity index (χ1) is 9.54. The summed E-state index contributed by atoms with van der Waals surface area (Å²) in [4.78, 5) is 11.7. The second-order valence-corrected chi connectivity index (χ2v) is 4.43. The molecule has 0 bridgehead atoms. The van der Waals surface area contributed by atoms with Crippen LogP contribution in [0.1, 0.15) is 11.1 Å². The maximum Gasteiger partial charge on any atom is 0.224 e. The highest BCUT2D eigenvalue weighted by molar-refractivity contribution is 5.78.